The summed E-state index contributed by atoms with van der Waals surface area (Å²) >= 11 is 0. The molecule has 3 rings (SSSR count). The van der Waals surface area contributed by atoms with Gasteiger partial charge in [0.25, 0.3) is 5.91 Å². The maximum Gasteiger partial charge on any atom is 0.265 e. The van der Waals surface area contributed by atoms with Gasteiger partial charge in [0.05, 0.1) is 17.1 Å². The number of nitrogens with zero attached hydrogens (tertiary/aromatic N) is 1. The first-order valence-corrected chi connectivity index (χ1v) is 11.4. The number of benzene rings is 2. The van der Waals surface area contributed by atoms with Crippen LogP contribution in [0.2, 0.25) is 0 Å². The molecule has 1 aliphatic rings. The van der Waals surface area contributed by atoms with Crippen LogP contribution in [0.25, 0.3) is 0 Å². The topological polar surface area (TPSA) is 105 Å². The molecule has 0 fully saturated rings. The molecule has 0 aliphatic carbocycles. The number of likely N-dealkylation sites (N-methyl/N-ethyl adjacent to an activating group) is 1. The van der Waals surface area contributed by atoms with Crippen molar-refractivity contribution in [2.45, 2.75) is 45.1 Å². The van der Waals surface area contributed by atoms with Crippen molar-refractivity contribution in [2.24, 2.45) is 0 Å². The summed E-state index contributed by atoms with van der Waals surface area (Å²) in [6.07, 6.45) is -0.216. The minimum Gasteiger partial charge on any atom is -0.478 e. The van der Waals surface area contributed by atoms with Crippen molar-refractivity contribution >= 4 is 33.2 Å². The number of hydrogen-bond acceptors (Lipinski definition) is 5. The first kappa shape index (κ1) is 22.8. The predicted molar refractivity (Wildman–Crippen MR) is 119 cm³/mol. The highest BCUT2D eigenvalue weighted by Crippen LogP contribution is 2.35. The molecule has 2 aromatic rings. The van der Waals surface area contributed by atoms with E-state index in [-0.39, 0.29) is 17.3 Å². The Balaban J connectivity index is 1.80. The number of ether oxygens (including phenoxy) is 1. The number of rotatable bonds is 6. The lowest BCUT2D eigenvalue weighted by Crippen LogP contribution is -2.37. The minimum atomic E-state index is -3.97. The van der Waals surface area contributed by atoms with E-state index in [2.05, 4.69) is 10.6 Å². The molecule has 8 nitrogen and oxygen atoms in total. The van der Waals surface area contributed by atoms with Gasteiger partial charge in [-0.3, -0.25) is 9.59 Å². The van der Waals surface area contributed by atoms with Crippen LogP contribution in [0.4, 0.5) is 11.4 Å². The molecule has 1 unspecified atom stereocenters. The van der Waals surface area contributed by atoms with Crippen LogP contribution in [-0.2, 0) is 19.6 Å². The highest BCUT2D eigenvalue weighted by atomic mass is 32.2. The number of carbonyl (C=O) groups is 2. The summed E-state index contributed by atoms with van der Waals surface area (Å²) in [5, 5.41) is 5.50. The van der Waals surface area contributed by atoms with E-state index < -0.39 is 22.0 Å². The summed E-state index contributed by atoms with van der Waals surface area (Å²) in [5.41, 5.74) is 3.48. The van der Waals surface area contributed by atoms with E-state index >= 15 is 0 Å². The Labute approximate surface area is 182 Å². The summed E-state index contributed by atoms with van der Waals surface area (Å²) in [7, 11) is -2.61. The molecule has 1 atom stereocenters. The molecule has 2 N–H and O–H groups in total. The zero-order chi connectivity index (χ0) is 22.9. The van der Waals surface area contributed by atoms with Gasteiger partial charge in [-0.05, 0) is 50.5 Å². The van der Waals surface area contributed by atoms with Gasteiger partial charge < -0.3 is 15.4 Å². The number of anilines is 2. The minimum absolute atomic E-state index is 0.0269. The molecule has 0 aromatic heterocycles. The van der Waals surface area contributed by atoms with Crippen LogP contribution in [0.15, 0.2) is 35.2 Å². The first-order chi connectivity index (χ1) is 14.5. The third-order valence-corrected chi connectivity index (χ3v) is 7.12. The van der Waals surface area contributed by atoms with Crippen LogP contribution < -0.4 is 15.4 Å². The van der Waals surface area contributed by atoms with E-state index in [0.717, 1.165) is 15.4 Å². The van der Waals surface area contributed by atoms with Crippen molar-refractivity contribution in [1.29, 1.82) is 0 Å². The Morgan fingerprint density at radius 1 is 1.16 bits per heavy atom. The second-order valence-corrected chi connectivity index (χ2v) is 9.76. The third kappa shape index (κ3) is 4.72. The van der Waals surface area contributed by atoms with Crippen LogP contribution >= 0.6 is 0 Å². The van der Waals surface area contributed by atoms with Gasteiger partial charge in [0.15, 0.2) is 6.10 Å². The predicted octanol–water partition coefficient (Wildman–Crippen LogP) is 2.98. The fourth-order valence-corrected chi connectivity index (χ4v) is 4.77. The maximum absolute atomic E-state index is 13.2. The first-order valence-electron chi connectivity index (χ1n) is 9.98. The number of carbonyl (C=O) groups excluding carboxylic acids is 2. The molecule has 0 saturated heterocycles. The number of sulfonamides is 1. The van der Waals surface area contributed by atoms with Gasteiger partial charge in [-0.1, -0.05) is 24.6 Å². The Bertz CT molecular complexity index is 1140. The van der Waals surface area contributed by atoms with Gasteiger partial charge in [0.2, 0.25) is 15.9 Å². The molecule has 1 heterocycles. The molecule has 0 bridgehead atoms. The van der Waals surface area contributed by atoms with Gasteiger partial charge in [0.1, 0.15) is 5.75 Å². The highest BCUT2D eigenvalue weighted by molar-refractivity contribution is 7.89. The average molecular weight is 446 g/mol. The average Bonchev–Trinajstić information content (AvgIpc) is 2.69. The van der Waals surface area contributed by atoms with Crippen LogP contribution in [0.3, 0.4) is 0 Å². The van der Waals surface area contributed by atoms with Crippen LogP contribution in [0.1, 0.15) is 30.0 Å². The molecule has 0 radical (unpaired) electrons. The van der Waals surface area contributed by atoms with E-state index in [9.17, 15) is 18.0 Å². The lowest BCUT2D eigenvalue weighted by Gasteiger charge is -2.27. The lowest BCUT2D eigenvalue weighted by molar-refractivity contribution is -0.123. The van der Waals surface area contributed by atoms with Crippen molar-refractivity contribution in [3.63, 3.8) is 0 Å². The van der Waals surface area contributed by atoms with E-state index in [1.807, 2.05) is 32.9 Å². The Morgan fingerprint density at radius 3 is 2.52 bits per heavy atom. The van der Waals surface area contributed by atoms with Gasteiger partial charge in [-0.25, -0.2) is 8.42 Å². The van der Waals surface area contributed by atoms with Crippen LogP contribution in [0, 0.1) is 20.8 Å². The highest BCUT2D eigenvalue weighted by Gasteiger charge is 2.31. The molecule has 9 heteroatoms. The van der Waals surface area contributed by atoms with Gasteiger partial charge >= 0.3 is 0 Å². The number of nitrogens with one attached hydrogen (secondary N) is 2. The zero-order valence-electron chi connectivity index (χ0n) is 18.3. The fraction of sp³-hybridized carbons (Fsp3) is 0.364. The smallest absolute Gasteiger partial charge is 0.265 e. The molecule has 1 aliphatic heterocycles. The third-order valence-electron chi connectivity index (χ3n) is 5.18. The van der Waals surface area contributed by atoms with E-state index in [1.54, 1.807) is 19.1 Å². The number of aryl methyl sites for hydroxylation is 3. The molecule has 31 heavy (non-hydrogen) atoms. The zero-order valence-corrected chi connectivity index (χ0v) is 19.1. The van der Waals surface area contributed by atoms with Crippen molar-refractivity contribution in [2.75, 3.05) is 24.2 Å². The standard InChI is InChI=1S/C22H27N3O5S/c1-6-18-22(27)24-17-10-15(4)20(11-19(17)30-18)31(28,29)25(5)12-21(26)23-16-8-7-13(2)9-14(16)3/h7-11,18H,6,12H2,1-5H3,(H,23,26)(H,24,27). The SMILES string of the molecule is CCC1Oc2cc(S(=O)(=O)N(C)CC(=O)Nc3ccc(C)cc3C)c(C)cc2NC1=O. The summed E-state index contributed by atoms with van der Waals surface area (Å²) in [6.45, 7) is 6.93. The fourth-order valence-electron chi connectivity index (χ4n) is 3.43. The van der Waals surface area contributed by atoms with Crippen molar-refractivity contribution in [3.8, 4) is 5.75 Å². The van der Waals surface area contributed by atoms with Gasteiger partial charge in [-0.2, -0.15) is 4.31 Å². The normalized spacial score (nSPS) is 15.8. The van der Waals surface area contributed by atoms with E-state index in [1.165, 1.54) is 13.1 Å². The summed E-state index contributed by atoms with van der Waals surface area (Å²) in [4.78, 5) is 24.5. The van der Waals surface area contributed by atoms with Gasteiger partial charge in [0, 0.05) is 18.8 Å². The number of hydrogen-bond donors (Lipinski definition) is 2. The summed E-state index contributed by atoms with van der Waals surface area (Å²) in [5.74, 6) is -0.405. The monoisotopic (exact) mass is 445 g/mol. The number of amides is 2. The largest absolute Gasteiger partial charge is 0.478 e. The molecular formula is C22H27N3O5S. The lowest BCUT2D eigenvalue weighted by atomic mass is 10.1. The van der Waals surface area contributed by atoms with Gasteiger partial charge in [-0.15, -0.1) is 0 Å². The summed E-state index contributed by atoms with van der Waals surface area (Å²) < 4.78 is 33.0. The Hall–Kier alpha value is -2.91. The Morgan fingerprint density at radius 2 is 1.87 bits per heavy atom. The van der Waals surface area contributed by atoms with E-state index in [0.29, 0.717) is 29.1 Å². The van der Waals surface area contributed by atoms with Crippen molar-refractivity contribution < 1.29 is 22.7 Å². The van der Waals surface area contributed by atoms with Crippen LogP contribution in [0.5, 0.6) is 5.75 Å². The Kier molecular flexibility index (Phi) is 6.38. The van der Waals surface area contributed by atoms with Crippen LogP contribution in [-0.4, -0.2) is 44.2 Å². The molecule has 0 saturated carbocycles. The number of fused-ring (bicyclic) bond motifs is 1. The quantitative estimate of drug-likeness (QED) is 0.711. The van der Waals surface area contributed by atoms with Crippen molar-refractivity contribution in [3.05, 3.63) is 47.0 Å². The molecule has 2 amide bonds. The second kappa shape index (κ2) is 8.68. The molecule has 2 aromatic carbocycles. The second-order valence-electron chi connectivity index (χ2n) is 7.75. The summed E-state index contributed by atoms with van der Waals surface area (Å²) in [6, 6.07) is 8.58. The maximum atomic E-state index is 13.2. The molecular weight excluding hydrogens is 418 g/mol. The van der Waals surface area contributed by atoms with Crippen molar-refractivity contribution in [1.82, 2.24) is 4.31 Å². The molecule has 0 spiro atoms. The van der Waals surface area contributed by atoms with E-state index in [4.69, 9.17) is 4.74 Å². The molecule has 166 valence electrons.